The number of thiophene rings is 1. The summed E-state index contributed by atoms with van der Waals surface area (Å²) < 4.78 is 0.787. The minimum atomic E-state index is -0.376. The molecule has 1 saturated heterocycles. The highest BCUT2D eigenvalue weighted by atomic mass is 35.5. The van der Waals surface area contributed by atoms with Crippen molar-refractivity contribution in [3.63, 3.8) is 0 Å². The van der Waals surface area contributed by atoms with Crippen LogP contribution in [0.5, 0.6) is 0 Å². The summed E-state index contributed by atoms with van der Waals surface area (Å²) in [4.78, 5) is 15.0. The predicted octanol–water partition coefficient (Wildman–Crippen LogP) is 2.86. The molecule has 0 bridgehead atoms. The van der Waals surface area contributed by atoms with Crippen molar-refractivity contribution in [2.45, 2.75) is 25.2 Å². The summed E-state index contributed by atoms with van der Waals surface area (Å²) in [6.45, 7) is 3.27. The number of carbonyl (C=O) groups excluding carboxylic acids is 1. The van der Waals surface area contributed by atoms with Gasteiger partial charge in [0.1, 0.15) is 0 Å². The molecule has 2 rings (SSSR count). The van der Waals surface area contributed by atoms with Crippen molar-refractivity contribution in [1.82, 2.24) is 4.90 Å². The van der Waals surface area contributed by atoms with Gasteiger partial charge in [-0.05, 0) is 24.5 Å². The molecule has 2 atom stereocenters. The molecule has 1 amide bonds. The van der Waals surface area contributed by atoms with Crippen molar-refractivity contribution >= 4 is 40.6 Å². The number of thioether (sulfide) groups is 1. The highest BCUT2D eigenvalue weighted by Gasteiger charge is 2.26. The standard InChI is InChI=1S/C13H18ClNO2S2/c1-9-4-5-15(6-11(9)16)13(17)8-18-7-10-2-3-12(14)19-10/h2-3,9,11,16H,4-8H2,1H3. The second-order valence-electron chi connectivity index (χ2n) is 4.87. The van der Waals surface area contributed by atoms with Crippen LogP contribution >= 0.6 is 34.7 Å². The number of carbonyl (C=O) groups is 1. The average molecular weight is 320 g/mol. The molecule has 0 radical (unpaired) electrons. The van der Waals surface area contributed by atoms with Gasteiger partial charge >= 0.3 is 0 Å². The van der Waals surface area contributed by atoms with E-state index in [1.54, 1.807) is 28.0 Å². The maximum Gasteiger partial charge on any atom is 0.232 e. The minimum absolute atomic E-state index is 0.124. The molecule has 2 heterocycles. The normalized spacial score (nSPS) is 23.6. The third kappa shape index (κ3) is 4.38. The lowest BCUT2D eigenvalue weighted by Gasteiger charge is -2.34. The first-order chi connectivity index (χ1) is 9.06. The molecular formula is C13H18ClNO2S2. The maximum atomic E-state index is 12.0. The van der Waals surface area contributed by atoms with E-state index in [4.69, 9.17) is 11.6 Å². The van der Waals surface area contributed by atoms with Crippen molar-refractivity contribution in [1.29, 1.82) is 0 Å². The number of hydrogen-bond acceptors (Lipinski definition) is 4. The first-order valence-corrected chi connectivity index (χ1v) is 8.69. The number of aliphatic hydroxyl groups is 1. The topological polar surface area (TPSA) is 40.5 Å². The number of hydrogen-bond donors (Lipinski definition) is 1. The number of β-amino-alcohol motifs (C(OH)–C–C–N with tert-alkyl or cyclic N) is 1. The fourth-order valence-corrected chi connectivity index (χ4v) is 4.16. The Balaban J connectivity index is 1.72. The Morgan fingerprint density at radius 2 is 2.42 bits per heavy atom. The van der Waals surface area contributed by atoms with Gasteiger partial charge in [-0.3, -0.25) is 4.79 Å². The molecule has 0 aromatic carbocycles. The van der Waals surface area contributed by atoms with E-state index in [2.05, 4.69) is 0 Å². The van der Waals surface area contributed by atoms with E-state index in [1.165, 1.54) is 4.88 Å². The largest absolute Gasteiger partial charge is 0.391 e. The van der Waals surface area contributed by atoms with Gasteiger partial charge in [-0.1, -0.05) is 18.5 Å². The van der Waals surface area contributed by atoms with Gasteiger partial charge in [-0.25, -0.2) is 0 Å². The second kappa shape index (κ2) is 6.97. The van der Waals surface area contributed by atoms with Crippen LogP contribution in [-0.2, 0) is 10.5 Å². The molecule has 1 N–H and O–H groups in total. The van der Waals surface area contributed by atoms with Gasteiger partial charge in [0.25, 0.3) is 0 Å². The van der Waals surface area contributed by atoms with Gasteiger partial charge in [0.15, 0.2) is 0 Å². The van der Waals surface area contributed by atoms with Crippen LogP contribution < -0.4 is 0 Å². The molecule has 6 heteroatoms. The molecule has 106 valence electrons. The molecule has 0 saturated carbocycles. The lowest BCUT2D eigenvalue weighted by molar-refractivity contribution is -0.132. The third-order valence-corrected chi connectivity index (χ3v) is 5.75. The predicted molar refractivity (Wildman–Crippen MR) is 81.9 cm³/mol. The Morgan fingerprint density at radius 3 is 3.05 bits per heavy atom. The van der Waals surface area contributed by atoms with E-state index in [9.17, 15) is 9.90 Å². The Kier molecular flexibility index (Phi) is 5.57. The van der Waals surface area contributed by atoms with Crippen molar-refractivity contribution in [2.24, 2.45) is 5.92 Å². The maximum absolute atomic E-state index is 12.0. The lowest BCUT2D eigenvalue weighted by atomic mass is 9.96. The summed E-state index contributed by atoms with van der Waals surface area (Å²) in [5.74, 6) is 1.70. The Bertz CT molecular complexity index is 438. The van der Waals surface area contributed by atoms with Gasteiger partial charge in [0.05, 0.1) is 16.2 Å². The van der Waals surface area contributed by atoms with Crippen molar-refractivity contribution < 1.29 is 9.90 Å². The van der Waals surface area contributed by atoms with Crippen molar-refractivity contribution in [3.05, 3.63) is 21.3 Å². The van der Waals surface area contributed by atoms with E-state index < -0.39 is 0 Å². The smallest absolute Gasteiger partial charge is 0.232 e. The van der Waals surface area contributed by atoms with Gasteiger partial charge in [0, 0.05) is 23.7 Å². The molecule has 1 aliphatic rings. The van der Waals surface area contributed by atoms with Crippen LogP contribution in [0.4, 0.5) is 0 Å². The van der Waals surface area contributed by atoms with Crippen LogP contribution in [0.15, 0.2) is 12.1 Å². The number of rotatable bonds is 4. The summed E-state index contributed by atoms with van der Waals surface area (Å²) in [5.41, 5.74) is 0. The summed E-state index contributed by atoms with van der Waals surface area (Å²) in [7, 11) is 0. The molecule has 2 unspecified atom stereocenters. The third-order valence-electron chi connectivity index (χ3n) is 3.37. The molecule has 1 aromatic heterocycles. The van der Waals surface area contributed by atoms with E-state index in [1.807, 2.05) is 19.1 Å². The van der Waals surface area contributed by atoms with E-state index in [0.29, 0.717) is 18.2 Å². The minimum Gasteiger partial charge on any atom is -0.391 e. The number of likely N-dealkylation sites (tertiary alicyclic amines) is 1. The number of nitrogens with zero attached hydrogens (tertiary/aromatic N) is 1. The van der Waals surface area contributed by atoms with Crippen LogP contribution in [0.25, 0.3) is 0 Å². The van der Waals surface area contributed by atoms with E-state index >= 15 is 0 Å². The fraction of sp³-hybridized carbons (Fsp3) is 0.615. The van der Waals surface area contributed by atoms with Crippen LogP contribution in [0, 0.1) is 5.92 Å². The molecule has 1 aromatic rings. The molecule has 0 spiro atoms. The number of piperidine rings is 1. The van der Waals surface area contributed by atoms with Crippen LogP contribution in [0.3, 0.4) is 0 Å². The number of amides is 1. The Morgan fingerprint density at radius 1 is 1.63 bits per heavy atom. The Labute approximate surface area is 126 Å². The van der Waals surface area contributed by atoms with Gasteiger partial charge in [-0.15, -0.1) is 23.1 Å². The quantitative estimate of drug-likeness (QED) is 0.927. The molecule has 1 fully saturated rings. The monoisotopic (exact) mass is 319 g/mol. The second-order valence-corrected chi connectivity index (χ2v) is 7.66. The zero-order valence-corrected chi connectivity index (χ0v) is 13.2. The van der Waals surface area contributed by atoms with Crippen molar-refractivity contribution in [3.8, 4) is 0 Å². The Hall–Kier alpha value is -0.230. The molecule has 3 nitrogen and oxygen atoms in total. The highest BCUT2D eigenvalue weighted by molar-refractivity contribution is 7.99. The zero-order chi connectivity index (χ0) is 13.8. The first-order valence-electron chi connectivity index (χ1n) is 6.34. The van der Waals surface area contributed by atoms with Gasteiger partial charge in [0.2, 0.25) is 5.91 Å². The highest BCUT2D eigenvalue weighted by Crippen LogP contribution is 2.25. The van der Waals surface area contributed by atoms with Gasteiger partial charge in [-0.2, -0.15) is 0 Å². The van der Waals surface area contributed by atoms with Gasteiger partial charge < -0.3 is 10.0 Å². The van der Waals surface area contributed by atoms with Crippen LogP contribution in [0.2, 0.25) is 4.34 Å². The summed E-state index contributed by atoms with van der Waals surface area (Å²) in [6, 6.07) is 3.88. The van der Waals surface area contributed by atoms with Crippen LogP contribution in [-0.4, -0.2) is 40.9 Å². The van der Waals surface area contributed by atoms with Crippen LogP contribution in [0.1, 0.15) is 18.2 Å². The SMILES string of the molecule is CC1CCN(C(=O)CSCc2ccc(Cl)s2)CC1O. The zero-order valence-electron chi connectivity index (χ0n) is 10.8. The number of aliphatic hydroxyl groups excluding tert-OH is 1. The summed E-state index contributed by atoms with van der Waals surface area (Å²) in [6.07, 6.45) is 0.511. The summed E-state index contributed by atoms with van der Waals surface area (Å²) in [5, 5.41) is 9.79. The molecular weight excluding hydrogens is 302 g/mol. The molecule has 1 aliphatic heterocycles. The first kappa shape index (κ1) is 15.2. The molecule has 0 aliphatic carbocycles. The van der Waals surface area contributed by atoms with Crippen molar-refractivity contribution in [2.75, 3.05) is 18.8 Å². The van der Waals surface area contributed by atoms with E-state index in [0.717, 1.165) is 23.1 Å². The summed E-state index contributed by atoms with van der Waals surface area (Å²) >= 11 is 9.02. The fourth-order valence-electron chi connectivity index (χ4n) is 2.03. The van der Waals surface area contributed by atoms with E-state index in [-0.39, 0.29) is 12.0 Å². The number of halogens is 1. The molecule has 19 heavy (non-hydrogen) atoms. The average Bonchev–Trinajstić information content (AvgIpc) is 2.78. The lowest BCUT2D eigenvalue weighted by Crippen LogP contribution is -2.46.